The zero-order chi connectivity index (χ0) is 15.1. The van der Waals surface area contributed by atoms with Gasteiger partial charge in [0.15, 0.2) is 5.13 Å². The number of hydrogen-bond acceptors (Lipinski definition) is 6. The van der Waals surface area contributed by atoms with E-state index in [9.17, 15) is 4.79 Å². The zero-order valence-electron chi connectivity index (χ0n) is 11.8. The lowest BCUT2D eigenvalue weighted by atomic mass is 10.0. The van der Waals surface area contributed by atoms with E-state index in [1.54, 1.807) is 0 Å². The van der Waals surface area contributed by atoms with Gasteiger partial charge >= 0.3 is 0 Å². The summed E-state index contributed by atoms with van der Waals surface area (Å²) in [5.41, 5.74) is 3.44. The fraction of sp³-hybridized carbons (Fsp3) is 0.214. The summed E-state index contributed by atoms with van der Waals surface area (Å²) in [5, 5.41) is 7.66. The van der Waals surface area contributed by atoms with Crippen LogP contribution in [-0.2, 0) is 19.9 Å². The van der Waals surface area contributed by atoms with Gasteiger partial charge in [-0.3, -0.25) is 19.8 Å². The molecule has 1 amide bonds. The average Bonchev–Trinajstić information content (AvgIpc) is 3.11. The Kier molecular flexibility index (Phi) is 2.97. The smallest absolute Gasteiger partial charge is 0.277 e. The van der Waals surface area contributed by atoms with Crippen molar-refractivity contribution in [2.75, 3.05) is 5.32 Å². The predicted molar refractivity (Wildman–Crippen MR) is 81.7 cm³/mol. The molecule has 0 fully saturated rings. The molecule has 0 saturated heterocycles. The van der Waals surface area contributed by atoms with Crippen LogP contribution in [0.25, 0.3) is 11.3 Å². The van der Waals surface area contributed by atoms with Crippen molar-refractivity contribution in [1.82, 2.24) is 24.7 Å². The van der Waals surface area contributed by atoms with Crippen LogP contribution in [-0.4, -0.2) is 30.6 Å². The maximum absolute atomic E-state index is 12.1. The summed E-state index contributed by atoms with van der Waals surface area (Å²) in [4.78, 5) is 25.7. The Morgan fingerprint density at radius 2 is 2.23 bits per heavy atom. The number of nitrogens with zero attached hydrogens (tertiary/aromatic N) is 5. The van der Waals surface area contributed by atoms with Crippen molar-refractivity contribution in [2.24, 2.45) is 7.05 Å². The molecule has 4 rings (SSSR count). The third-order valence-electron chi connectivity index (χ3n) is 3.62. The van der Waals surface area contributed by atoms with Crippen LogP contribution in [0.5, 0.6) is 0 Å². The van der Waals surface area contributed by atoms with Gasteiger partial charge in [0, 0.05) is 35.6 Å². The van der Waals surface area contributed by atoms with Gasteiger partial charge < -0.3 is 0 Å². The Bertz CT molecular complexity index is 854. The standard InChI is InChI=1S/C14H12N6OS/c1-20-10-2-3-11-12(8(10)6-17-20)18-14(22-11)19-13(21)9-7-15-4-5-16-9/h4-7H,2-3H2,1H3,(H,18,19,21). The fourth-order valence-corrected chi connectivity index (χ4v) is 3.52. The Hall–Kier alpha value is -2.61. The molecule has 1 aliphatic rings. The van der Waals surface area contributed by atoms with E-state index in [0.717, 1.165) is 24.1 Å². The van der Waals surface area contributed by atoms with Crippen molar-refractivity contribution >= 4 is 22.4 Å². The van der Waals surface area contributed by atoms with Gasteiger partial charge in [0.1, 0.15) is 5.69 Å². The van der Waals surface area contributed by atoms with Crippen molar-refractivity contribution < 1.29 is 4.79 Å². The van der Waals surface area contributed by atoms with Crippen LogP contribution in [0, 0.1) is 0 Å². The Morgan fingerprint density at radius 3 is 3.05 bits per heavy atom. The summed E-state index contributed by atoms with van der Waals surface area (Å²) < 4.78 is 1.88. The highest BCUT2D eigenvalue weighted by Crippen LogP contribution is 2.37. The summed E-state index contributed by atoms with van der Waals surface area (Å²) in [6.07, 6.45) is 8.15. The highest BCUT2D eigenvalue weighted by molar-refractivity contribution is 7.16. The minimum absolute atomic E-state index is 0.276. The van der Waals surface area contributed by atoms with E-state index in [-0.39, 0.29) is 11.6 Å². The van der Waals surface area contributed by atoms with Crippen molar-refractivity contribution in [3.8, 4) is 11.3 Å². The van der Waals surface area contributed by atoms with Crippen LogP contribution in [0.2, 0.25) is 0 Å². The van der Waals surface area contributed by atoms with E-state index >= 15 is 0 Å². The van der Waals surface area contributed by atoms with Gasteiger partial charge in [0.2, 0.25) is 0 Å². The fourth-order valence-electron chi connectivity index (χ4n) is 2.55. The SMILES string of the molecule is Cn1ncc2c1CCc1sc(NC(=O)c3cnccn3)nc1-2. The molecule has 3 aromatic heterocycles. The molecule has 0 aromatic carbocycles. The number of nitrogens with one attached hydrogen (secondary N) is 1. The third kappa shape index (κ3) is 2.08. The van der Waals surface area contributed by atoms with Crippen molar-refractivity contribution in [3.63, 3.8) is 0 Å². The molecular weight excluding hydrogens is 300 g/mol. The van der Waals surface area contributed by atoms with Crippen LogP contribution in [0.4, 0.5) is 5.13 Å². The molecule has 1 aliphatic carbocycles. The molecule has 22 heavy (non-hydrogen) atoms. The summed E-state index contributed by atoms with van der Waals surface area (Å²) >= 11 is 1.50. The Morgan fingerprint density at radius 1 is 1.32 bits per heavy atom. The number of carbonyl (C=O) groups is 1. The lowest BCUT2D eigenvalue weighted by Crippen LogP contribution is -2.13. The van der Waals surface area contributed by atoms with E-state index in [4.69, 9.17) is 0 Å². The second-order valence-corrected chi connectivity index (χ2v) is 6.05. The summed E-state index contributed by atoms with van der Waals surface area (Å²) in [5.74, 6) is -0.300. The number of aryl methyl sites for hydroxylation is 2. The molecule has 1 N–H and O–H groups in total. The predicted octanol–water partition coefficient (Wildman–Crippen LogP) is 1.68. The van der Waals surface area contributed by atoms with Gasteiger partial charge in [-0.05, 0) is 12.8 Å². The second kappa shape index (κ2) is 4.99. The molecule has 3 aromatic rings. The molecule has 0 radical (unpaired) electrons. The largest absolute Gasteiger partial charge is 0.296 e. The van der Waals surface area contributed by atoms with Crippen molar-refractivity contribution in [2.45, 2.75) is 12.8 Å². The van der Waals surface area contributed by atoms with E-state index < -0.39 is 0 Å². The number of rotatable bonds is 2. The number of fused-ring (bicyclic) bond motifs is 3. The first-order valence-corrected chi connectivity index (χ1v) is 7.62. The van der Waals surface area contributed by atoms with Gasteiger partial charge in [-0.25, -0.2) is 9.97 Å². The molecule has 0 bridgehead atoms. The van der Waals surface area contributed by atoms with Crippen molar-refractivity contribution in [1.29, 1.82) is 0 Å². The molecule has 3 heterocycles. The molecule has 0 unspecified atom stereocenters. The summed E-state index contributed by atoms with van der Waals surface area (Å²) in [7, 11) is 1.94. The maximum Gasteiger partial charge on any atom is 0.277 e. The van der Waals surface area contributed by atoms with Crippen LogP contribution in [0.1, 0.15) is 21.1 Å². The first kappa shape index (κ1) is 13.1. The average molecular weight is 312 g/mol. The lowest BCUT2D eigenvalue weighted by molar-refractivity contribution is 0.102. The molecule has 0 spiro atoms. The van der Waals surface area contributed by atoms with Crippen LogP contribution < -0.4 is 5.32 Å². The van der Waals surface area contributed by atoms with Crippen molar-refractivity contribution in [3.05, 3.63) is 41.1 Å². The highest BCUT2D eigenvalue weighted by Gasteiger charge is 2.24. The van der Waals surface area contributed by atoms with E-state index in [1.165, 1.54) is 40.5 Å². The quantitative estimate of drug-likeness (QED) is 0.778. The van der Waals surface area contributed by atoms with Crippen LogP contribution >= 0.6 is 11.3 Å². The molecule has 7 nitrogen and oxygen atoms in total. The number of aromatic nitrogens is 5. The Labute approximate surface area is 130 Å². The minimum atomic E-state index is -0.300. The lowest BCUT2D eigenvalue weighted by Gasteiger charge is -2.10. The minimum Gasteiger partial charge on any atom is -0.296 e. The van der Waals surface area contributed by atoms with Gasteiger partial charge in [-0.2, -0.15) is 5.10 Å². The van der Waals surface area contributed by atoms with E-state index in [1.807, 2.05) is 17.9 Å². The zero-order valence-corrected chi connectivity index (χ0v) is 12.6. The molecule has 0 aliphatic heterocycles. The molecule has 110 valence electrons. The first-order chi connectivity index (χ1) is 10.7. The summed E-state index contributed by atoms with van der Waals surface area (Å²) in [6, 6.07) is 0. The van der Waals surface area contributed by atoms with Gasteiger partial charge in [0.05, 0.1) is 18.1 Å². The number of amides is 1. The van der Waals surface area contributed by atoms with Gasteiger partial charge in [-0.15, -0.1) is 11.3 Å². The topological polar surface area (TPSA) is 85.6 Å². The van der Waals surface area contributed by atoms with Gasteiger partial charge in [0.25, 0.3) is 5.91 Å². The molecular formula is C14H12N6OS. The maximum atomic E-state index is 12.1. The molecule has 8 heteroatoms. The van der Waals surface area contributed by atoms with Gasteiger partial charge in [-0.1, -0.05) is 0 Å². The second-order valence-electron chi connectivity index (χ2n) is 4.96. The van der Waals surface area contributed by atoms with Crippen LogP contribution in [0.3, 0.4) is 0 Å². The monoisotopic (exact) mass is 312 g/mol. The number of anilines is 1. The van der Waals surface area contributed by atoms with Crippen LogP contribution in [0.15, 0.2) is 24.8 Å². The molecule has 0 atom stereocenters. The first-order valence-electron chi connectivity index (χ1n) is 6.80. The number of thiazole rings is 1. The molecule has 0 saturated carbocycles. The summed E-state index contributed by atoms with van der Waals surface area (Å²) in [6.45, 7) is 0. The highest BCUT2D eigenvalue weighted by atomic mass is 32.1. The number of carbonyl (C=O) groups excluding carboxylic acids is 1. The number of hydrogen-bond donors (Lipinski definition) is 1. The Balaban J connectivity index is 1.64. The van der Waals surface area contributed by atoms with E-state index in [0.29, 0.717) is 5.13 Å². The van der Waals surface area contributed by atoms with E-state index in [2.05, 4.69) is 25.4 Å². The normalized spacial score (nSPS) is 12.6. The third-order valence-corrected chi connectivity index (χ3v) is 4.65.